The molecule has 1 heterocycles. The van der Waals surface area contributed by atoms with Crippen molar-refractivity contribution in [1.82, 2.24) is 5.32 Å². The Morgan fingerprint density at radius 3 is 2.28 bits per heavy atom. The molecular formula is C29H31N3O4. The first kappa shape index (κ1) is 25.0. The van der Waals surface area contributed by atoms with Crippen LogP contribution in [-0.4, -0.2) is 37.3 Å². The van der Waals surface area contributed by atoms with Crippen LogP contribution >= 0.6 is 0 Å². The molecule has 0 aliphatic carbocycles. The van der Waals surface area contributed by atoms with E-state index >= 15 is 0 Å². The second-order valence-electron chi connectivity index (χ2n) is 8.44. The molecule has 0 aromatic heterocycles. The van der Waals surface area contributed by atoms with E-state index in [1.807, 2.05) is 80.6 Å². The highest BCUT2D eigenvalue weighted by atomic mass is 16.5. The van der Waals surface area contributed by atoms with E-state index in [4.69, 9.17) is 14.5 Å². The molecule has 3 aromatic rings. The molecule has 1 aliphatic rings. The second kappa shape index (κ2) is 11.5. The van der Waals surface area contributed by atoms with Crippen LogP contribution in [0.4, 0.5) is 11.4 Å². The summed E-state index contributed by atoms with van der Waals surface area (Å²) in [7, 11) is 0. The summed E-state index contributed by atoms with van der Waals surface area (Å²) >= 11 is 0. The largest absolute Gasteiger partial charge is 0.490 e. The number of anilines is 1. The maximum atomic E-state index is 13.3. The molecule has 3 aromatic carbocycles. The molecule has 186 valence electrons. The number of nitrogens with zero attached hydrogens (tertiary/aromatic N) is 1. The number of ether oxygens (including phenoxy) is 2. The van der Waals surface area contributed by atoms with Crippen molar-refractivity contribution in [3.05, 3.63) is 83.4 Å². The lowest BCUT2D eigenvalue weighted by molar-refractivity contribution is -0.119. The van der Waals surface area contributed by atoms with Crippen molar-refractivity contribution >= 4 is 28.9 Å². The molecule has 1 aliphatic heterocycles. The van der Waals surface area contributed by atoms with Gasteiger partial charge in [-0.1, -0.05) is 42.5 Å². The molecule has 2 N–H and O–H groups in total. The van der Waals surface area contributed by atoms with Gasteiger partial charge in [-0.25, -0.2) is 0 Å². The fourth-order valence-electron chi connectivity index (χ4n) is 4.24. The van der Waals surface area contributed by atoms with Crippen molar-refractivity contribution in [3.8, 4) is 11.5 Å². The fourth-order valence-corrected chi connectivity index (χ4v) is 4.24. The standard InChI is InChI=1S/C29H31N3O4/c1-4-35-25-17-23-24(18-26(25)36-5-2)32-29(34)27(23)28(21-9-7-6-8-10-21)31-22-13-11-20(12-14-22)15-16-30-19(3)33/h6-14,17-18,27H,4-5,15-16H2,1-3H3,(H,30,33)(H,32,34). The molecule has 2 amide bonds. The lowest BCUT2D eigenvalue weighted by atomic mass is 9.90. The van der Waals surface area contributed by atoms with Crippen LogP contribution in [0.15, 0.2) is 71.7 Å². The zero-order chi connectivity index (χ0) is 25.5. The SMILES string of the molecule is CCOc1cc2c(cc1OCC)C(C(=Nc1ccc(CCNC(C)=O)cc1)c1ccccc1)C(=O)N2. The molecule has 0 saturated heterocycles. The molecule has 7 nitrogen and oxygen atoms in total. The van der Waals surface area contributed by atoms with Gasteiger partial charge < -0.3 is 20.1 Å². The molecule has 0 saturated carbocycles. The Labute approximate surface area is 211 Å². The summed E-state index contributed by atoms with van der Waals surface area (Å²) in [6, 6.07) is 21.3. The normalized spacial score (nSPS) is 14.7. The van der Waals surface area contributed by atoms with Gasteiger partial charge in [-0.3, -0.25) is 14.6 Å². The zero-order valence-electron chi connectivity index (χ0n) is 20.8. The Morgan fingerprint density at radius 2 is 1.64 bits per heavy atom. The summed E-state index contributed by atoms with van der Waals surface area (Å²) in [6.07, 6.45) is 0.732. The maximum absolute atomic E-state index is 13.3. The quantitative estimate of drug-likeness (QED) is 0.395. The smallest absolute Gasteiger partial charge is 0.238 e. The summed E-state index contributed by atoms with van der Waals surface area (Å²) < 4.78 is 11.6. The Hall–Kier alpha value is -4.13. The summed E-state index contributed by atoms with van der Waals surface area (Å²) in [5, 5.41) is 5.81. The summed E-state index contributed by atoms with van der Waals surface area (Å²) in [5.74, 6) is 0.426. The van der Waals surface area contributed by atoms with Crippen LogP contribution in [0.3, 0.4) is 0 Å². The van der Waals surface area contributed by atoms with E-state index < -0.39 is 5.92 Å². The van der Waals surface area contributed by atoms with Gasteiger partial charge in [0.25, 0.3) is 0 Å². The molecule has 0 bridgehead atoms. The number of fused-ring (bicyclic) bond motifs is 1. The van der Waals surface area contributed by atoms with Crippen LogP contribution in [0.1, 0.15) is 43.4 Å². The lowest BCUT2D eigenvalue weighted by Gasteiger charge is -2.16. The maximum Gasteiger partial charge on any atom is 0.238 e. The van der Waals surface area contributed by atoms with Crippen LogP contribution in [-0.2, 0) is 16.0 Å². The van der Waals surface area contributed by atoms with E-state index in [1.165, 1.54) is 6.92 Å². The first-order chi connectivity index (χ1) is 17.5. The zero-order valence-corrected chi connectivity index (χ0v) is 20.8. The van der Waals surface area contributed by atoms with Crippen molar-refractivity contribution in [2.24, 2.45) is 4.99 Å². The topological polar surface area (TPSA) is 89.0 Å². The first-order valence-corrected chi connectivity index (χ1v) is 12.2. The van der Waals surface area contributed by atoms with E-state index in [9.17, 15) is 9.59 Å². The number of hydrogen-bond donors (Lipinski definition) is 2. The van der Waals surface area contributed by atoms with Gasteiger partial charge in [0.1, 0.15) is 5.92 Å². The van der Waals surface area contributed by atoms with Crippen LogP contribution in [0, 0.1) is 0 Å². The molecule has 0 spiro atoms. The van der Waals surface area contributed by atoms with Gasteiger partial charge in [-0.2, -0.15) is 0 Å². The average Bonchev–Trinajstić information content (AvgIpc) is 3.18. The molecule has 7 heteroatoms. The minimum absolute atomic E-state index is 0.0419. The predicted octanol–water partition coefficient (Wildman–Crippen LogP) is 5.02. The Morgan fingerprint density at radius 1 is 0.972 bits per heavy atom. The van der Waals surface area contributed by atoms with Gasteiger partial charge in [0.05, 0.1) is 24.6 Å². The van der Waals surface area contributed by atoms with Gasteiger partial charge >= 0.3 is 0 Å². The second-order valence-corrected chi connectivity index (χ2v) is 8.44. The number of carbonyl (C=O) groups excluding carboxylic acids is 2. The molecule has 4 rings (SSSR count). The van der Waals surface area contributed by atoms with Crippen molar-refractivity contribution in [3.63, 3.8) is 0 Å². The molecular weight excluding hydrogens is 454 g/mol. The number of carbonyl (C=O) groups is 2. The Balaban J connectivity index is 1.72. The fraction of sp³-hybridized carbons (Fsp3) is 0.276. The third-order valence-electron chi connectivity index (χ3n) is 5.86. The van der Waals surface area contributed by atoms with E-state index in [0.29, 0.717) is 42.7 Å². The molecule has 1 atom stereocenters. The van der Waals surface area contributed by atoms with Gasteiger partial charge in [-0.05, 0) is 55.2 Å². The van der Waals surface area contributed by atoms with Crippen LogP contribution in [0.5, 0.6) is 11.5 Å². The van der Waals surface area contributed by atoms with Gasteiger partial charge in [-0.15, -0.1) is 0 Å². The average molecular weight is 486 g/mol. The van der Waals surface area contributed by atoms with E-state index in [-0.39, 0.29) is 11.8 Å². The monoisotopic (exact) mass is 485 g/mol. The predicted molar refractivity (Wildman–Crippen MR) is 142 cm³/mol. The van der Waals surface area contributed by atoms with E-state index in [2.05, 4.69) is 10.6 Å². The van der Waals surface area contributed by atoms with Gasteiger partial charge in [0.15, 0.2) is 11.5 Å². The van der Waals surface area contributed by atoms with Crippen LogP contribution < -0.4 is 20.1 Å². The summed E-state index contributed by atoms with van der Waals surface area (Å²) in [4.78, 5) is 29.4. The summed E-state index contributed by atoms with van der Waals surface area (Å²) in [6.45, 7) is 6.90. The first-order valence-electron chi connectivity index (χ1n) is 12.2. The number of nitrogens with one attached hydrogen (secondary N) is 2. The highest BCUT2D eigenvalue weighted by molar-refractivity contribution is 6.24. The van der Waals surface area contributed by atoms with Crippen molar-refractivity contribution in [2.45, 2.75) is 33.1 Å². The van der Waals surface area contributed by atoms with Crippen molar-refractivity contribution < 1.29 is 19.1 Å². The molecule has 0 radical (unpaired) electrons. The highest BCUT2D eigenvalue weighted by Crippen LogP contribution is 2.43. The number of benzene rings is 3. The van der Waals surface area contributed by atoms with Gasteiger partial charge in [0.2, 0.25) is 11.8 Å². The summed E-state index contributed by atoms with van der Waals surface area (Å²) in [5.41, 5.74) is 4.87. The number of aliphatic imine (C=N–C) groups is 1. The van der Waals surface area contributed by atoms with Crippen LogP contribution in [0.25, 0.3) is 0 Å². The van der Waals surface area contributed by atoms with E-state index in [1.54, 1.807) is 0 Å². The minimum Gasteiger partial charge on any atom is -0.490 e. The third kappa shape index (κ3) is 5.74. The lowest BCUT2D eigenvalue weighted by Crippen LogP contribution is -2.22. The molecule has 36 heavy (non-hydrogen) atoms. The number of amides is 2. The number of hydrogen-bond acceptors (Lipinski definition) is 5. The highest BCUT2D eigenvalue weighted by Gasteiger charge is 2.36. The van der Waals surface area contributed by atoms with Crippen LogP contribution in [0.2, 0.25) is 0 Å². The van der Waals surface area contributed by atoms with Crippen molar-refractivity contribution in [2.75, 3.05) is 25.1 Å². The third-order valence-corrected chi connectivity index (χ3v) is 5.86. The van der Waals surface area contributed by atoms with E-state index in [0.717, 1.165) is 28.8 Å². The molecule has 0 fully saturated rings. The molecule has 1 unspecified atom stereocenters. The minimum atomic E-state index is -0.600. The Bertz CT molecular complexity index is 1250. The number of rotatable bonds is 10. The Kier molecular flexibility index (Phi) is 8.00. The van der Waals surface area contributed by atoms with Gasteiger partial charge in [0, 0.05) is 25.2 Å². The van der Waals surface area contributed by atoms with Crippen molar-refractivity contribution in [1.29, 1.82) is 0 Å².